The van der Waals surface area contributed by atoms with Gasteiger partial charge in [-0.15, -0.1) is 24.0 Å². The lowest BCUT2D eigenvalue weighted by Gasteiger charge is -2.25. The van der Waals surface area contributed by atoms with Crippen molar-refractivity contribution >= 4 is 29.9 Å². The Hall–Kier alpha value is -1.02. The molecule has 1 aromatic carbocycles. The SMILES string of the molecule is CN=C(NCCCc1ccc(OC)cc1)N1CCC2(CCOC2)C1.I. The van der Waals surface area contributed by atoms with Crippen LogP contribution in [0.1, 0.15) is 24.8 Å². The summed E-state index contributed by atoms with van der Waals surface area (Å²) in [5, 5.41) is 3.52. The third kappa shape index (κ3) is 5.23. The molecule has 2 aliphatic rings. The van der Waals surface area contributed by atoms with Crippen molar-refractivity contribution in [2.75, 3.05) is 47.0 Å². The molecule has 2 saturated heterocycles. The summed E-state index contributed by atoms with van der Waals surface area (Å²) in [6.07, 6.45) is 4.57. The third-order valence-corrected chi connectivity index (χ3v) is 5.22. The highest BCUT2D eigenvalue weighted by Gasteiger charge is 2.42. The number of guanidine groups is 1. The molecule has 6 heteroatoms. The number of rotatable bonds is 5. The van der Waals surface area contributed by atoms with Gasteiger partial charge in [0.05, 0.1) is 13.7 Å². The molecule has 1 aromatic rings. The number of benzene rings is 1. The number of nitrogens with one attached hydrogen (secondary N) is 1. The van der Waals surface area contributed by atoms with Crippen LogP contribution in [0.4, 0.5) is 0 Å². The number of ether oxygens (including phenoxy) is 2. The third-order valence-electron chi connectivity index (χ3n) is 5.22. The number of halogens is 1. The number of methoxy groups -OCH3 is 1. The molecule has 0 radical (unpaired) electrons. The predicted octanol–water partition coefficient (Wildman–Crippen LogP) is 2.93. The highest BCUT2D eigenvalue weighted by atomic mass is 127. The first-order valence-electron chi connectivity index (χ1n) is 8.91. The Balaban J connectivity index is 0.00000225. The minimum Gasteiger partial charge on any atom is -0.497 e. The van der Waals surface area contributed by atoms with E-state index >= 15 is 0 Å². The van der Waals surface area contributed by atoms with E-state index in [2.05, 4.69) is 27.3 Å². The Bertz CT molecular complexity index is 556. The van der Waals surface area contributed by atoms with Gasteiger partial charge in [0.1, 0.15) is 5.75 Å². The summed E-state index contributed by atoms with van der Waals surface area (Å²) in [6.45, 7) is 4.94. The van der Waals surface area contributed by atoms with E-state index in [1.165, 1.54) is 18.4 Å². The van der Waals surface area contributed by atoms with Gasteiger partial charge in [-0.3, -0.25) is 4.99 Å². The lowest BCUT2D eigenvalue weighted by molar-refractivity contribution is 0.156. The predicted molar refractivity (Wildman–Crippen MR) is 112 cm³/mol. The van der Waals surface area contributed by atoms with Crippen LogP contribution in [0, 0.1) is 5.41 Å². The standard InChI is InChI=1S/C19H29N3O2.HI/c1-20-18(22-12-9-19(14-22)10-13-24-15-19)21-11-3-4-16-5-7-17(23-2)8-6-16;/h5-8H,3-4,9-15H2,1-2H3,(H,20,21);1H. The van der Waals surface area contributed by atoms with Crippen LogP contribution in [0.15, 0.2) is 29.3 Å². The van der Waals surface area contributed by atoms with Crippen LogP contribution in [-0.2, 0) is 11.2 Å². The molecule has 1 N–H and O–H groups in total. The summed E-state index contributed by atoms with van der Waals surface area (Å²) in [5.74, 6) is 1.95. The van der Waals surface area contributed by atoms with Crippen LogP contribution >= 0.6 is 24.0 Å². The molecule has 5 nitrogen and oxygen atoms in total. The van der Waals surface area contributed by atoms with Crippen molar-refractivity contribution in [3.8, 4) is 5.75 Å². The molecular weight excluding hydrogens is 429 g/mol. The summed E-state index contributed by atoms with van der Waals surface area (Å²) in [4.78, 5) is 6.86. The zero-order chi connectivity index (χ0) is 16.8. The van der Waals surface area contributed by atoms with E-state index in [0.29, 0.717) is 5.41 Å². The molecule has 2 aliphatic heterocycles. The van der Waals surface area contributed by atoms with Gasteiger partial charge < -0.3 is 19.7 Å². The monoisotopic (exact) mass is 459 g/mol. The van der Waals surface area contributed by atoms with Crippen LogP contribution in [-0.4, -0.2) is 57.9 Å². The van der Waals surface area contributed by atoms with Crippen molar-refractivity contribution in [2.24, 2.45) is 10.4 Å². The summed E-state index contributed by atoms with van der Waals surface area (Å²) in [6, 6.07) is 8.32. The van der Waals surface area contributed by atoms with E-state index in [4.69, 9.17) is 9.47 Å². The van der Waals surface area contributed by atoms with Gasteiger partial charge in [-0.25, -0.2) is 0 Å². The summed E-state index contributed by atoms with van der Waals surface area (Å²) in [7, 11) is 3.58. The van der Waals surface area contributed by atoms with Gasteiger partial charge in [0, 0.05) is 38.7 Å². The van der Waals surface area contributed by atoms with E-state index in [9.17, 15) is 0 Å². The number of hydrogen-bond donors (Lipinski definition) is 1. The largest absolute Gasteiger partial charge is 0.497 e. The fourth-order valence-corrected chi connectivity index (χ4v) is 3.70. The van der Waals surface area contributed by atoms with Crippen molar-refractivity contribution in [1.82, 2.24) is 10.2 Å². The Morgan fingerprint density at radius 1 is 1.32 bits per heavy atom. The number of likely N-dealkylation sites (tertiary alicyclic amines) is 1. The van der Waals surface area contributed by atoms with Gasteiger partial charge in [0.25, 0.3) is 0 Å². The molecule has 0 amide bonds. The van der Waals surface area contributed by atoms with E-state index in [1.54, 1.807) is 7.11 Å². The molecular formula is C19H30IN3O2. The topological polar surface area (TPSA) is 46.1 Å². The van der Waals surface area contributed by atoms with E-state index in [0.717, 1.165) is 57.4 Å². The number of nitrogens with zero attached hydrogens (tertiary/aromatic N) is 2. The van der Waals surface area contributed by atoms with E-state index in [-0.39, 0.29) is 24.0 Å². The van der Waals surface area contributed by atoms with Crippen molar-refractivity contribution in [2.45, 2.75) is 25.7 Å². The minimum atomic E-state index is 0. The van der Waals surface area contributed by atoms with Gasteiger partial charge in [-0.2, -0.15) is 0 Å². The van der Waals surface area contributed by atoms with Gasteiger partial charge in [0.15, 0.2) is 5.96 Å². The second kappa shape index (κ2) is 9.62. The maximum absolute atomic E-state index is 5.61. The molecule has 2 fully saturated rings. The molecule has 1 atom stereocenters. The Kier molecular flexibility index (Phi) is 7.81. The molecule has 0 bridgehead atoms. The second-order valence-electron chi connectivity index (χ2n) is 6.90. The van der Waals surface area contributed by atoms with Crippen LogP contribution in [0.2, 0.25) is 0 Å². The van der Waals surface area contributed by atoms with E-state index in [1.807, 2.05) is 19.2 Å². The summed E-state index contributed by atoms with van der Waals surface area (Å²) in [5.41, 5.74) is 1.72. The molecule has 2 heterocycles. The van der Waals surface area contributed by atoms with Gasteiger partial charge in [-0.1, -0.05) is 12.1 Å². The summed E-state index contributed by atoms with van der Waals surface area (Å²) >= 11 is 0. The molecule has 0 saturated carbocycles. The number of aliphatic imine (C=N–C) groups is 1. The minimum absolute atomic E-state index is 0. The fourth-order valence-electron chi connectivity index (χ4n) is 3.70. The first kappa shape index (κ1) is 20.3. The first-order valence-corrected chi connectivity index (χ1v) is 8.91. The molecule has 1 spiro atoms. The summed E-state index contributed by atoms with van der Waals surface area (Å²) < 4.78 is 10.8. The average Bonchev–Trinajstić information content (AvgIpc) is 3.26. The zero-order valence-corrected chi connectivity index (χ0v) is 17.6. The van der Waals surface area contributed by atoms with Crippen molar-refractivity contribution < 1.29 is 9.47 Å². The Labute approximate surface area is 168 Å². The highest BCUT2D eigenvalue weighted by molar-refractivity contribution is 14.0. The fraction of sp³-hybridized carbons (Fsp3) is 0.632. The van der Waals surface area contributed by atoms with E-state index < -0.39 is 0 Å². The quantitative estimate of drug-likeness (QED) is 0.319. The van der Waals surface area contributed by atoms with Gasteiger partial charge in [0.2, 0.25) is 0 Å². The van der Waals surface area contributed by atoms with Crippen LogP contribution < -0.4 is 10.1 Å². The van der Waals surface area contributed by atoms with Crippen molar-refractivity contribution in [1.29, 1.82) is 0 Å². The van der Waals surface area contributed by atoms with Crippen molar-refractivity contribution in [3.05, 3.63) is 29.8 Å². The lowest BCUT2D eigenvalue weighted by Crippen LogP contribution is -2.41. The normalized spacial score (nSPS) is 23.0. The second-order valence-corrected chi connectivity index (χ2v) is 6.90. The molecule has 3 rings (SSSR count). The highest BCUT2D eigenvalue weighted by Crippen LogP contribution is 2.38. The smallest absolute Gasteiger partial charge is 0.193 e. The molecule has 25 heavy (non-hydrogen) atoms. The Morgan fingerprint density at radius 3 is 2.76 bits per heavy atom. The van der Waals surface area contributed by atoms with Crippen molar-refractivity contribution in [3.63, 3.8) is 0 Å². The van der Waals surface area contributed by atoms with Gasteiger partial charge >= 0.3 is 0 Å². The number of aryl methyl sites for hydroxylation is 1. The molecule has 0 aromatic heterocycles. The average molecular weight is 459 g/mol. The molecule has 1 unspecified atom stereocenters. The Morgan fingerprint density at radius 2 is 2.12 bits per heavy atom. The molecule has 0 aliphatic carbocycles. The molecule has 140 valence electrons. The lowest BCUT2D eigenvalue weighted by atomic mass is 9.87. The van der Waals surface area contributed by atoms with Crippen LogP contribution in [0.5, 0.6) is 5.75 Å². The number of hydrogen-bond acceptors (Lipinski definition) is 3. The maximum atomic E-state index is 5.61. The van der Waals surface area contributed by atoms with Crippen LogP contribution in [0.25, 0.3) is 0 Å². The zero-order valence-electron chi connectivity index (χ0n) is 15.3. The maximum Gasteiger partial charge on any atom is 0.193 e. The first-order chi connectivity index (χ1) is 11.7. The van der Waals surface area contributed by atoms with Crippen LogP contribution in [0.3, 0.4) is 0 Å². The van der Waals surface area contributed by atoms with Gasteiger partial charge in [-0.05, 0) is 43.4 Å².